The van der Waals surface area contributed by atoms with Crippen molar-refractivity contribution < 1.29 is 13.5 Å². The number of aliphatic hydroxyl groups is 1. The van der Waals surface area contributed by atoms with Gasteiger partial charge < -0.3 is 10.4 Å². The molecular weight excluding hydrogens is 296 g/mol. The number of thiophene rings is 1. The molecule has 0 amide bonds. The Kier molecular flexibility index (Phi) is 7.39. The SMILES string of the molecule is C=CCN(CCO)S(=O)(=O)c1ccsc1CNCCC. The molecule has 1 aromatic rings. The first-order valence-electron chi connectivity index (χ1n) is 6.56. The maximum atomic E-state index is 12.6. The van der Waals surface area contributed by atoms with E-state index in [1.165, 1.54) is 21.7 Å². The van der Waals surface area contributed by atoms with Crippen LogP contribution < -0.4 is 5.32 Å². The average molecular weight is 318 g/mol. The molecule has 20 heavy (non-hydrogen) atoms. The van der Waals surface area contributed by atoms with Crippen molar-refractivity contribution >= 4 is 21.4 Å². The zero-order chi connectivity index (χ0) is 15.0. The number of aliphatic hydroxyl groups excluding tert-OH is 1. The molecule has 0 bridgehead atoms. The van der Waals surface area contributed by atoms with E-state index < -0.39 is 10.0 Å². The minimum atomic E-state index is -3.58. The van der Waals surface area contributed by atoms with Gasteiger partial charge in [0.25, 0.3) is 0 Å². The molecule has 1 aromatic heterocycles. The second-order valence-electron chi connectivity index (χ2n) is 4.26. The van der Waals surface area contributed by atoms with Gasteiger partial charge in [0.05, 0.1) is 11.5 Å². The number of nitrogens with one attached hydrogen (secondary N) is 1. The predicted octanol–water partition coefficient (Wildman–Crippen LogP) is 1.42. The van der Waals surface area contributed by atoms with Crippen molar-refractivity contribution in [3.63, 3.8) is 0 Å². The Labute approximate surface area is 125 Å². The van der Waals surface area contributed by atoms with Crippen LogP contribution in [0.5, 0.6) is 0 Å². The van der Waals surface area contributed by atoms with Crippen LogP contribution in [-0.4, -0.2) is 44.1 Å². The number of nitrogens with zero attached hydrogens (tertiary/aromatic N) is 1. The van der Waals surface area contributed by atoms with Crippen LogP contribution in [0, 0.1) is 0 Å². The highest BCUT2D eigenvalue weighted by Gasteiger charge is 2.26. The van der Waals surface area contributed by atoms with E-state index in [-0.39, 0.29) is 19.7 Å². The molecule has 114 valence electrons. The largest absolute Gasteiger partial charge is 0.395 e. The topological polar surface area (TPSA) is 69.6 Å². The maximum absolute atomic E-state index is 12.6. The Bertz CT molecular complexity index is 511. The zero-order valence-corrected chi connectivity index (χ0v) is 13.3. The molecule has 1 rings (SSSR count). The molecule has 2 N–H and O–H groups in total. The Hall–Kier alpha value is -0.730. The third-order valence-electron chi connectivity index (χ3n) is 2.72. The fraction of sp³-hybridized carbons (Fsp3) is 0.538. The molecule has 5 nitrogen and oxygen atoms in total. The van der Waals surface area contributed by atoms with E-state index >= 15 is 0 Å². The molecular formula is C13H22N2O3S2. The second-order valence-corrected chi connectivity index (χ2v) is 7.17. The van der Waals surface area contributed by atoms with Crippen molar-refractivity contribution in [2.24, 2.45) is 0 Å². The first-order chi connectivity index (χ1) is 9.57. The van der Waals surface area contributed by atoms with E-state index in [0.717, 1.165) is 17.8 Å². The van der Waals surface area contributed by atoms with Crippen LogP contribution in [-0.2, 0) is 16.6 Å². The van der Waals surface area contributed by atoms with Gasteiger partial charge in [-0.15, -0.1) is 17.9 Å². The van der Waals surface area contributed by atoms with E-state index in [0.29, 0.717) is 11.4 Å². The molecule has 0 spiro atoms. The van der Waals surface area contributed by atoms with Gasteiger partial charge >= 0.3 is 0 Å². The maximum Gasteiger partial charge on any atom is 0.244 e. The Morgan fingerprint density at radius 1 is 1.55 bits per heavy atom. The summed E-state index contributed by atoms with van der Waals surface area (Å²) in [5.41, 5.74) is 0. The van der Waals surface area contributed by atoms with Crippen molar-refractivity contribution in [3.05, 3.63) is 29.0 Å². The first kappa shape index (κ1) is 17.3. The smallest absolute Gasteiger partial charge is 0.244 e. The molecule has 0 unspecified atom stereocenters. The lowest BCUT2D eigenvalue weighted by atomic mass is 10.4. The lowest BCUT2D eigenvalue weighted by Crippen LogP contribution is -2.34. The Balaban J connectivity index is 2.95. The summed E-state index contributed by atoms with van der Waals surface area (Å²) in [6, 6.07) is 1.62. The summed E-state index contributed by atoms with van der Waals surface area (Å²) in [6.45, 7) is 7.08. The standard InChI is InChI=1S/C13H22N2O3S2/c1-3-6-14-11-12-13(5-10-19-12)20(17,18)15(7-4-2)8-9-16/h4-5,10,14,16H,2-3,6-9,11H2,1H3. The summed E-state index contributed by atoms with van der Waals surface area (Å²) in [7, 11) is -3.58. The Morgan fingerprint density at radius 3 is 2.90 bits per heavy atom. The molecule has 0 atom stereocenters. The van der Waals surface area contributed by atoms with Crippen LogP contribution in [0.15, 0.2) is 29.0 Å². The molecule has 0 aliphatic heterocycles. The third kappa shape index (κ3) is 4.39. The van der Waals surface area contributed by atoms with Crippen molar-refractivity contribution in [1.82, 2.24) is 9.62 Å². The minimum absolute atomic E-state index is 0.0754. The van der Waals surface area contributed by atoms with Crippen molar-refractivity contribution in [3.8, 4) is 0 Å². The monoisotopic (exact) mass is 318 g/mol. The van der Waals surface area contributed by atoms with Crippen molar-refractivity contribution in [2.75, 3.05) is 26.2 Å². The van der Waals surface area contributed by atoms with Crippen LogP contribution in [0.3, 0.4) is 0 Å². The van der Waals surface area contributed by atoms with Crippen LogP contribution >= 0.6 is 11.3 Å². The van der Waals surface area contributed by atoms with Crippen molar-refractivity contribution in [1.29, 1.82) is 0 Å². The fourth-order valence-corrected chi connectivity index (χ4v) is 4.56. The van der Waals surface area contributed by atoms with Gasteiger partial charge in [0.1, 0.15) is 0 Å². The molecule has 0 radical (unpaired) electrons. The van der Waals surface area contributed by atoms with Gasteiger partial charge in [0.15, 0.2) is 0 Å². The second kappa shape index (κ2) is 8.53. The highest BCUT2D eigenvalue weighted by atomic mass is 32.2. The van der Waals surface area contributed by atoms with Crippen LogP contribution in [0.25, 0.3) is 0 Å². The summed E-state index contributed by atoms with van der Waals surface area (Å²) in [6.07, 6.45) is 2.52. The molecule has 0 saturated heterocycles. The van der Waals surface area contributed by atoms with Crippen LogP contribution in [0.1, 0.15) is 18.2 Å². The lowest BCUT2D eigenvalue weighted by molar-refractivity contribution is 0.260. The predicted molar refractivity (Wildman–Crippen MR) is 82.4 cm³/mol. The first-order valence-corrected chi connectivity index (χ1v) is 8.88. The van der Waals surface area contributed by atoms with Crippen molar-refractivity contribution in [2.45, 2.75) is 24.8 Å². The van der Waals surface area contributed by atoms with Crippen LogP contribution in [0.2, 0.25) is 0 Å². The Morgan fingerprint density at radius 2 is 2.30 bits per heavy atom. The zero-order valence-electron chi connectivity index (χ0n) is 11.7. The number of sulfonamides is 1. The van der Waals surface area contributed by atoms with E-state index in [1.54, 1.807) is 11.4 Å². The highest BCUT2D eigenvalue weighted by molar-refractivity contribution is 7.89. The highest BCUT2D eigenvalue weighted by Crippen LogP contribution is 2.25. The number of hydrogen-bond acceptors (Lipinski definition) is 5. The van der Waals surface area contributed by atoms with Gasteiger partial charge in [-0.05, 0) is 24.4 Å². The number of rotatable bonds is 10. The summed E-state index contributed by atoms with van der Waals surface area (Å²) in [5, 5.41) is 14.0. The summed E-state index contributed by atoms with van der Waals surface area (Å²) >= 11 is 1.42. The van der Waals surface area contributed by atoms with Gasteiger partial charge in [-0.3, -0.25) is 0 Å². The lowest BCUT2D eigenvalue weighted by Gasteiger charge is -2.20. The molecule has 7 heteroatoms. The van der Waals surface area contributed by atoms with E-state index in [2.05, 4.69) is 18.8 Å². The van der Waals surface area contributed by atoms with E-state index in [1.807, 2.05) is 0 Å². The van der Waals surface area contributed by atoms with E-state index in [9.17, 15) is 8.42 Å². The molecule has 1 heterocycles. The third-order valence-corrected chi connectivity index (χ3v) is 5.72. The summed E-state index contributed by atoms with van der Waals surface area (Å²) in [4.78, 5) is 1.12. The average Bonchev–Trinajstić information content (AvgIpc) is 2.88. The molecule has 0 fully saturated rings. The molecule has 0 saturated carbocycles. The molecule has 0 aromatic carbocycles. The quantitative estimate of drug-likeness (QED) is 0.506. The molecule has 0 aliphatic rings. The number of hydrogen-bond donors (Lipinski definition) is 2. The van der Waals surface area contributed by atoms with Gasteiger partial charge in [-0.25, -0.2) is 8.42 Å². The van der Waals surface area contributed by atoms with Crippen LogP contribution in [0.4, 0.5) is 0 Å². The summed E-state index contributed by atoms with van der Waals surface area (Å²) < 4.78 is 26.4. The fourth-order valence-electron chi connectivity index (χ4n) is 1.77. The van der Waals surface area contributed by atoms with Gasteiger partial charge in [0, 0.05) is 24.5 Å². The minimum Gasteiger partial charge on any atom is -0.395 e. The van der Waals surface area contributed by atoms with E-state index in [4.69, 9.17) is 5.11 Å². The molecule has 0 aliphatic carbocycles. The van der Waals surface area contributed by atoms with Gasteiger partial charge in [-0.2, -0.15) is 4.31 Å². The normalized spacial score (nSPS) is 11.9. The van der Waals surface area contributed by atoms with Gasteiger partial charge in [0.2, 0.25) is 10.0 Å². The van der Waals surface area contributed by atoms with Gasteiger partial charge in [-0.1, -0.05) is 13.0 Å². The summed E-state index contributed by atoms with van der Waals surface area (Å²) in [5.74, 6) is 0.